The van der Waals surface area contributed by atoms with Crippen LogP contribution in [0, 0.1) is 39.9 Å². The average molecular weight is 846 g/mol. The normalized spacial score (nSPS) is 13.2. The fourth-order valence-corrected chi connectivity index (χ4v) is 0. The van der Waals surface area contributed by atoms with Gasteiger partial charge < -0.3 is 23.7 Å². The standard InChI is InChI=1S/4CHF3O3S.H2O.Th/c4*2-1(3,4)8(5,6)7;;/h4*(H,5,6,7);1H2;/q;;;;;+4/p-4. The van der Waals surface area contributed by atoms with E-state index < -0.39 is 62.5 Å². The minimum atomic E-state index is -6.09. The number of hydrogen-bond donors (Lipinski definition) is 0. The topological polar surface area (TPSA) is 260 Å². The summed E-state index contributed by atoms with van der Waals surface area (Å²) in [6.07, 6.45) is 0. The van der Waals surface area contributed by atoms with Gasteiger partial charge in [-0.25, -0.2) is 33.7 Å². The maximum Gasteiger partial charge on any atom is 4.00 e. The van der Waals surface area contributed by atoms with Crippen LogP contribution in [0.5, 0.6) is 0 Å². The van der Waals surface area contributed by atoms with Crippen LogP contribution in [0.2, 0.25) is 0 Å². The number of rotatable bonds is 0. The van der Waals surface area contributed by atoms with Crippen molar-refractivity contribution in [1.29, 1.82) is 0 Å². The minimum absolute atomic E-state index is 0. The Morgan fingerprint density at radius 2 is 0.382 bits per heavy atom. The van der Waals surface area contributed by atoms with E-state index in [1.807, 2.05) is 0 Å². The Balaban J connectivity index is -0.0000000754. The molecule has 0 atom stereocenters. The van der Waals surface area contributed by atoms with Gasteiger partial charge in [-0.05, 0) is 0 Å². The Bertz CT molecular complexity index is 830. The summed E-state index contributed by atoms with van der Waals surface area (Å²) >= 11 is 0. The molecule has 208 valence electrons. The van der Waals surface area contributed by atoms with E-state index in [4.69, 9.17) is 51.9 Å². The second-order valence-corrected chi connectivity index (χ2v) is 9.08. The smallest absolute Gasteiger partial charge is 0.741 e. The van der Waals surface area contributed by atoms with Crippen molar-refractivity contribution in [2.75, 3.05) is 0 Å². The Kier molecular flexibility index (Phi) is 20.5. The Morgan fingerprint density at radius 1 is 0.353 bits per heavy atom. The first-order valence-electron chi connectivity index (χ1n) is 5.08. The molecule has 0 radical (unpaired) electrons. The predicted molar refractivity (Wildman–Crippen MR) is 66.6 cm³/mol. The van der Waals surface area contributed by atoms with Crippen molar-refractivity contribution in [3.8, 4) is 0 Å². The van der Waals surface area contributed by atoms with Crippen LogP contribution in [-0.4, -0.2) is 79.4 Å². The van der Waals surface area contributed by atoms with Crippen LogP contribution in [0.3, 0.4) is 0 Å². The van der Waals surface area contributed by atoms with Crippen LogP contribution in [0.15, 0.2) is 0 Å². The molecular formula is C4H2F12O13S4Th. The van der Waals surface area contributed by atoms with Crippen molar-refractivity contribution >= 4 is 40.5 Å². The van der Waals surface area contributed by atoms with Gasteiger partial charge in [-0.15, -0.1) is 0 Å². The SMILES string of the molecule is O.O=S(=O)([O-])C(F)(F)F.O=S(=O)([O-])C(F)(F)F.O=S(=O)([O-])C(F)(F)F.O=S(=O)([O-])C(F)(F)F.[Th+4]. The Hall–Kier alpha value is 0.0847. The van der Waals surface area contributed by atoms with E-state index in [0.717, 1.165) is 0 Å². The van der Waals surface area contributed by atoms with Gasteiger partial charge in [0.05, 0.1) is 0 Å². The molecule has 0 heterocycles. The molecule has 0 aromatic heterocycles. The van der Waals surface area contributed by atoms with E-state index in [1.165, 1.54) is 0 Å². The zero-order valence-corrected chi connectivity index (χ0v) is 21.4. The molecule has 0 bridgehead atoms. The van der Waals surface area contributed by atoms with Crippen LogP contribution < -0.4 is 0 Å². The quantitative estimate of drug-likeness (QED) is 0.168. The van der Waals surface area contributed by atoms with Crippen LogP contribution in [0.4, 0.5) is 52.7 Å². The first-order chi connectivity index (χ1) is 13.0. The third-order valence-electron chi connectivity index (χ3n) is 1.13. The average Bonchev–Trinajstić information content (AvgIpc) is 2.30. The second-order valence-electron chi connectivity index (χ2n) is 3.60. The molecule has 0 fully saturated rings. The molecule has 0 aromatic rings. The molecule has 0 aliphatic heterocycles. The molecule has 30 heteroatoms. The molecule has 0 aliphatic rings. The third kappa shape index (κ3) is 23.8. The summed E-state index contributed by atoms with van der Waals surface area (Å²) in [6, 6.07) is 0. The van der Waals surface area contributed by atoms with E-state index >= 15 is 0 Å². The maximum atomic E-state index is 10.7. The monoisotopic (exact) mass is 846 g/mol. The Labute approximate surface area is 211 Å². The summed E-state index contributed by atoms with van der Waals surface area (Å²) in [5.74, 6) is 0. The van der Waals surface area contributed by atoms with Crippen molar-refractivity contribution in [1.82, 2.24) is 0 Å². The van der Waals surface area contributed by atoms with Crippen molar-refractivity contribution < 1.29 is 150 Å². The van der Waals surface area contributed by atoms with Gasteiger partial charge in [-0.1, -0.05) is 0 Å². The summed E-state index contributed by atoms with van der Waals surface area (Å²) < 4.78 is 236. The van der Waals surface area contributed by atoms with Gasteiger partial charge in [0.15, 0.2) is 40.5 Å². The van der Waals surface area contributed by atoms with Crippen molar-refractivity contribution in [2.24, 2.45) is 0 Å². The number of hydrogen-bond acceptors (Lipinski definition) is 12. The van der Waals surface area contributed by atoms with Crippen molar-refractivity contribution in [3.63, 3.8) is 0 Å². The van der Waals surface area contributed by atoms with Crippen molar-refractivity contribution in [3.05, 3.63) is 0 Å². The van der Waals surface area contributed by atoms with Crippen molar-refractivity contribution in [2.45, 2.75) is 22.0 Å². The van der Waals surface area contributed by atoms with Gasteiger partial charge in [0.1, 0.15) is 0 Å². The van der Waals surface area contributed by atoms with Gasteiger partial charge in [-0.2, -0.15) is 52.7 Å². The minimum Gasteiger partial charge on any atom is -0.741 e. The zero-order chi connectivity index (χ0) is 28.0. The largest absolute Gasteiger partial charge is 4.00 e. The molecule has 0 aromatic carbocycles. The van der Waals surface area contributed by atoms with Gasteiger partial charge in [0.2, 0.25) is 0 Å². The number of alkyl halides is 12. The maximum absolute atomic E-state index is 10.7. The summed E-state index contributed by atoms with van der Waals surface area (Å²) in [7, 11) is -24.4. The molecule has 0 spiro atoms. The first kappa shape index (κ1) is 47.3. The summed E-state index contributed by atoms with van der Waals surface area (Å²) in [4.78, 5) is 0. The Morgan fingerprint density at radius 3 is 0.382 bits per heavy atom. The van der Waals surface area contributed by atoms with E-state index in [-0.39, 0.29) is 45.4 Å². The predicted octanol–water partition coefficient (Wildman–Crippen LogP) is -0.619. The molecule has 0 unspecified atom stereocenters. The third-order valence-corrected chi connectivity index (χ3v) is 3.40. The fraction of sp³-hybridized carbons (Fsp3) is 1.00. The molecule has 0 amide bonds. The molecule has 2 N–H and O–H groups in total. The molecular weight excluding hydrogens is 844 g/mol. The van der Waals surface area contributed by atoms with E-state index in [9.17, 15) is 52.7 Å². The second kappa shape index (κ2) is 14.7. The molecule has 0 aliphatic carbocycles. The van der Waals surface area contributed by atoms with Crippen LogP contribution in [0.1, 0.15) is 0 Å². The van der Waals surface area contributed by atoms with Crippen LogP contribution in [0.25, 0.3) is 0 Å². The van der Waals surface area contributed by atoms with Crippen LogP contribution >= 0.6 is 0 Å². The zero-order valence-electron chi connectivity index (χ0n) is 14.1. The van der Waals surface area contributed by atoms with E-state index in [1.54, 1.807) is 0 Å². The number of halogens is 12. The summed E-state index contributed by atoms with van der Waals surface area (Å²) in [5.41, 5.74) is -22.6. The van der Waals surface area contributed by atoms with Gasteiger partial charge in [-0.3, -0.25) is 0 Å². The molecule has 0 saturated carbocycles. The molecule has 13 nitrogen and oxygen atoms in total. The summed E-state index contributed by atoms with van der Waals surface area (Å²) in [6.45, 7) is 0. The molecule has 34 heavy (non-hydrogen) atoms. The van der Waals surface area contributed by atoms with Gasteiger partial charge >= 0.3 is 62.0 Å². The van der Waals surface area contributed by atoms with Gasteiger partial charge in [0, 0.05) is 0 Å². The molecule has 0 rings (SSSR count). The molecule has 0 saturated heterocycles. The van der Waals surface area contributed by atoms with Crippen LogP contribution in [-0.2, 0) is 40.5 Å². The summed E-state index contributed by atoms with van der Waals surface area (Å²) in [5, 5.41) is 0. The van der Waals surface area contributed by atoms with E-state index in [0.29, 0.717) is 0 Å². The fourth-order valence-electron chi connectivity index (χ4n) is 0. The first-order valence-corrected chi connectivity index (χ1v) is 10.7. The van der Waals surface area contributed by atoms with Gasteiger partial charge in [0.25, 0.3) is 0 Å². The van der Waals surface area contributed by atoms with E-state index in [2.05, 4.69) is 0 Å².